The van der Waals surface area contributed by atoms with Crippen molar-refractivity contribution in [3.05, 3.63) is 41.8 Å². The van der Waals surface area contributed by atoms with Gasteiger partial charge in [-0.1, -0.05) is 38.2 Å². The first kappa shape index (κ1) is 14.5. The van der Waals surface area contributed by atoms with Crippen LogP contribution in [0.25, 0.3) is 11.4 Å². The van der Waals surface area contributed by atoms with Gasteiger partial charge in [0, 0.05) is 11.6 Å². The highest BCUT2D eigenvalue weighted by atomic mass is 32.1. The number of hydrogen-bond acceptors (Lipinski definition) is 7. The molecule has 0 aliphatic rings. The van der Waals surface area contributed by atoms with Crippen LogP contribution >= 0.6 is 11.3 Å². The molecule has 3 heterocycles. The van der Waals surface area contributed by atoms with Crippen LogP contribution in [0, 0.1) is 0 Å². The lowest BCUT2D eigenvalue weighted by Crippen LogP contribution is -2.10. The third-order valence-corrected chi connectivity index (χ3v) is 4.13. The monoisotopic (exact) mass is 312 g/mol. The second kappa shape index (κ2) is 5.76. The fourth-order valence-electron chi connectivity index (χ4n) is 1.75. The molecule has 0 unspecified atom stereocenters. The van der Waals surface area contributed by atoms with Gasteiger partial charge in [0.1, 0.15) is 10.7 Å². The summed E-state index contributed by atoms with van der Waals surface area (Å²) in [6.45, 7) is 6.33. The molecule has 0 radical (unpaired) electrons. The van der Waals surface area contributed by atoms with Gasteiger partial charge < -0.3 is 5.32 Å². The molecular formula is C15H16N6S. The van der Waals surface area contributed by atoms with E-state index in [9.17, 15) is 0 Å². The van der Waals surface area contributed by atoms with Crippen LogP contribution in [0.15, 0.2) is 36.8 Å². The van der Waals surface area contributed by atoms with Crippen LogP contribution in [0.3, 0.4) is 0 Å². The lowest BCUT2D eigenvalue weighted by Gasteiger charge is -2.12. The number of pyridine rings is 1. The van der Waals surface area contributed by atoms with E-state index in [1.165, 1.54) is 11.3 Å². The van der Waals surface area contributed by atoms with Gasteiger partial charge in [-0.05, 0) is 12.1 Å². The molecule has 1 N–H and O–H groups in total. The minimum absolute atomic E-state index is 0.0148. The number of aromatic nitrogens is 5. The van der Waals surface area contributed by atoms with Crippen LogP contribution in [-0.2, 0) is 5.41 Å². The molecular weight excluding hydrogens is 296 g/mol. The average molecular weight is 312 g/mol. The molecule has 0 atom stereocenters. The topological polar surface area (TPSA) is 76.5 Å². The van der Waals surface area contributed by atoms with E-state index in [4.69, 9.17) is 0 Å². The van der Waals surface area contributed by atoms with Gasteiger partial charge in [-0.15, -0.1) is 10.2 Å². The van der Waals surface area contributed by atoms with Gasteiger partial charge in [-0.2, -0.15) is 0 Å². The Morgan fingerprint density at radius 1 is 1.05 bits per heavy atom. The van der Waals surface area contributed by atoms with Crippen molar-refractivity contribution in [2.45, 2.75) is 26.2 Å². The van der Waals surface area contributed by atoms with Crippen molar-refractivity contribution in [3.8, 4) is 11.4 Å². The Morgan fingerprint density at radius 2 is 1.91 bits per heavy atom. The summed E-state index contributed by atoms with van der Waals surface area (Å²) in [5.41, 5.74) is 1.48. The van der Waals surface area contributed by atoms with Crippen LogP contribution in [-0.4, -0.2) is 25.1 Å². The zero-order chi connectivity index (χ0) is 15.6. The Hall–Kier alpha value is -2.41. The normalized spacial score (nSPS) is 11.4. The second-order valence-electron chi connectivity index (χ2n) is 5.79. The average Bonchev–Trinajstić information content (AvgIpc) is 2.97. The van der Waals surface area contributed by atoms with E-state index in [2.05, 4.69) is 51.2 Å². The first-order chi connectivity index (χ1) is 10.5. The zero-order valence-electron chi connectivity index (χ0n) is 12.6. The molecule has 0 spiro atoms. The predicted molar refractivity (Wildman–Crippen MR) is 87.2 cm³/mol. The summed E-state index contributed by atoms with van der Waals surface area (Å²) in [5.74, 6) is 0.625. The molecule has 0 aromatic carbocycles. The molecule has 0 amide bonds. The summed E-state index contributed by atoms with van der Waals surface area (Å²) in [4.78, 5) is 13.0. The largest absolute Gasteiger partial charge is 0.313 e. The van der Waals surface area contributed by atoms with Crippen molar-refractivity contribution in [2.75, 3.05) is 5.32 Å². The molecule has 3 rings (SSSR count). The Morgan fingerprint density at radius 3 is 2.59 bits per heavy atom. The Balaban J connectivity index is 1.83. The molecule has 0 saturated carbocycles. The predicted octanol–water partition coefficient (Wildman–Crippen LogP) is 3.43. The fraction of sp³-hybridized carbons (Fsp3) is 0.267. The second-order valence-corrected chi connectivity index (χ2v) is 6.77. The number of anilines is 2. The molecule has 3 aromatic rings. The first-order valence-electron chi connectivity index (χ1n) is 6.87. The summed E-state index contributed by atoms with van der Waals surface area (Å²) in [5, 5.41) is 13.2. The van der Waals surface area contributed by atoms with E-state index in [0.717, 1.165) is 10.7 Å². The van der Waals surface area contributed by atoms with Crippen molar-refractivity contribution in [1.82, 2.24) is 25.1 Å². The SMILES string of the molecule is CC(C)(C)c1nnc(Nc2cncc(-c3ccccn3)n2)s1. The molecule has 0 aliphatic heterocycles. The van der Waals surface area contributed by atoms with Gasteiger partial charge in [0.15, 0.2) is 5.82 Å². The molecule has 0 fully saturated rings. The smallest absolute Gasteiger partial charge is 0.211 e. The lowest BCUT2D eigenvalue weighted by molar-refractivity contribution is 0.578. The van der Waals surface area contributed by atoms with E-state index in [1.54, 1.807) is 18.6 Å². The lowest BCUT2D eigenvalue weighted by atomic mass is 9.98. The van der Waals surface area contributed by atoms with E-state index in [-0.39, 0.29) is 5.41 Å². The molecule has 112 valence electrons. The molecule has 3 aromatic heterocycles. The van der Waals surface area contributed by atoms with Crippen LogP contribution in [0.5, 0.6) is 0 Å². The number of hydrogen-bond donors (Lipinski definition) is 1. The minimum atomic E-state index is -0.0148. The number of nitrogens with zero attached hydrogens (tertiary/aromatic N) is 5. The van der Waals surface area contributed by atoms with Crippen molar-refractivity contribution >= 4 is 22.3 Å². The van der Waals surface area contributed by atoms with Gasteiger partial charge in [0.05, 0.1) is 18.1 Å². The van der Waals surface area contributed by atoms with Crippen molar-refractivity contribution in [3.63, 3.8) is 0 Å². The summed E-state index contributed by atoms with van der Waals surface area (Å²) < 4.78 is 0. The maximum atomic E-state index is 4.51. The van der Waals surface area contributed by atoms with E-state index >= 15 is 0 Å². The van der Waals surface area contributed by atoms with Crippen LogP contribution < -0.4 is 5.32 Å². The van der Waals surface area contributed by atoms with E-state index in [1.807, 2.05) is 18.2 Å². The quantitative estimate of drug-likeness (QED) is 0.798. The maximum Gasteiger partial charge on any atom is 0.211 e. The summed E-state index contributed by atoms with van der Waals surface area (Å²) >= 11 is 1.52. The van der Waals surface area contributed by atoms with Gasteiger partial charge in [0.25, 0.3) is 0 Å². The van der Waals surface area contributed by atoms with Gasteiger partial charge in [0.2, 0.25) is 5.13 Å². The molecule has 6 nitrogen and oxygen atoms in total. The highest BCUT2D eigenvalue weighted by Gasteiger charge is 2.19. The molecule has 0 aliphatic carbocycles. The number of rotatable bonds is 3. The molecule has 0 saturated heterocycles. The number of nitrogens with one attached hydrogen (secondary N) is 1. The summed E-state index contributed by atoms with van der Waals surface area (Å²) in [7, 11) is 0. The molecule has 7 heteroatoms. The van der Waals surface area contributed by atoms with Crippen molar-refractivity contribution in [2.24, 2.45) is 0 Å². The van der Waals surface area contributed by atoms with Gasteiger partial charge in [-0.3, -0.25) is 9.97 Å². The van der Waals surface area contributed by atoms with Crippen molar-refractivity contribution in [1.29, 1.82) is 0 Å². The Bertz CT molecular complexity index is 763. The fourth-order valence-corrected chi connectivity index (χ4v) is 2.56. The van der Waals surface area contributed by atoms with Crippen LogP contribution in [0.2, 0.25) is 0 Å². The highest BCUT2D eigenvalue weighted by molar-refractivity contribution is 7.15. The van der Waals surface area contributed by atoms with Gasteiger partial charge in [-0.25, -0.2) is 4.98 Å². The molecule has 0 bridgehead atoms. The van der Waals surface area contributed by atoms with Crippen LogP contribution in [0.1, 0.15) is 25.8 Å². The minimum Gasteiger partial charge on any atom is -0.313 e. The van der Waals surface area contributed by atoms with Gasteiger partial charge >= 0.3 is 0 Å². The third-order valence-electron chi connectivity index (χ3n) is 2.86. The zero-order valence-corrected chi connectivity index (χ0v) is 13.4. The highest BCUT2D eigenvalue weighted by Crippen LogP contribution is 2.29. The molecule has 22 heavy (non-hydrogen) atoms. The Labute approximate surface area is 132 Å². The van der Waals surface area contributed by atoms with Crippen LogP contribution in [0.4, 0.5) is 10.9 Å². The standard InChI is InChI=1S/C15H16N6S/c1-15(2,3)13-20-21-14(22-13)19-12-9-16-8-11(18-12)10-6-4-5-7-17-10/h4-9H,1-3H3,(H,18,19,21). The Kier molecular flexibility index (Phi) is 3.81. The van der Waals surface area contributed by atoms with E-state index in [0.29, 0.717) is 16.6 Å². The maximum absolute atomic E-state index is 4.51. The summed E-state index contributed by atoms with van der Waals surface area (Å²) in [6, 6.07) is 5.69. The summed E-state index contributed by atoms with van der Waals surface area (Å²) in [6.07, 6.45) is 5.08. The van der Waals surface area contributed by atoms with Crippen molar-refractivity contribution < 1.29 is 0 Å². The third kappa shape index (κ3) is 3.25. The van der Waals surface area contributed by atoms with E-state index < -0.39 is 0 Å². The first-order valence-corrected chi connectivity index (χ1v) is 7.68.